The van der Waals surface area contributed by atoms with Gasteiger partial charge in [0.2, 0.25) is 11.8 Å². The number of carbonyl (C=O) groups is 2. The van der Waals surface area contributed by atoms with Gasteiger partial charge < -0.3 is 10.2 Å². The molecule has 2 aliphatic heterocycles. The molecule has 0 aliphatic carbocycles. The van der Waals surface area contributed by atoms with E-state index in [4.69, 9.17) is 0 Å². The molecule has 0 aromatic heterocycles. The maximum atomic E-state index is 12.8. The van der Waals surface area contributed by atoms with Crippen molar-refractivity contribution in [2.24, 2.45) is 0 Å². The van der Waals surface area contributed by atoms with Crippen LogP contribution in [-0.2, 0) is 19.4 Å². The number of amides is 2. The van der Waals surface area contributed by atoms with Crippen LogP contribution in [0.1, 0.15) is 40.0 Å². The van der Waals surface area contributed by atoms with Crippen LogP contribution in [0.4, 0.5) is 0 Å². The van der Waals surface area contributed by atoms with E-state index < -0.39 is 20.9 Å². The van der Waals surface area contributed by atoms with Crippen LogP contribution in [-0.4, -0.2) is 54.3 Å². The zero-order valence-corrected chi connectivity index (χ0v) is 13.0. The predicted molar refractivity (Wildman–Crippen MR) is 74.8 cm³/mol. The van der Waals surface area contributed by atoms with Crippen molar-refractivity contribution in [3.8, 4) is 0 Å². The third-order valence-electron chi connectivity index (χ3n) is 4.54. The van der Waals surface area contributed by atoms with Gasteiger partial charge in [0.25, 0.3) is 0 Å². The molecule has 0 aromatic carbocycles. The van der Waals surface area contributed by atoms with Gasteiger partial charge in [0.05, 0.1) is 17.0 Å². The maximum absolute atomic E-state index is 12.8. The van der Waals surface area contributed by atoms with Gasteiger partial charge in [0.15, 0.2) is 9.84 Å². The van der Waals surface area contributed by atoms with Gasteiger partial charge in [-0.05, 0) is 26.7 Å². The molecule has 20 heavy (non-hydrogen) atoms. The van der Waals surface area contributed by atoms with Crippen molar-refractivity contribution < 1.29 is 18.0 Å². The van der Waals surface area contributed by atoms with Crippen LogP contribution in [0.25, 0.3) is 0 Å². The molecule has 1 N–H and O–H groups in total. The van der Waals surface area contributed by atoms with E-state index in [1.165, 1.54) is 0 Å². The molecule has 6 nitrogen and oxygen atoms in total. The lowest BCUT2D eigenvalue weighted by molar-refractivity contribution is -0.142. The molecule has 0 bridgehead atoms. The van der Waals surface area contributed by atoms with E-state index in [0.717, 1.165) is 0 Å². The number of carbonyl (C=O) groups excluding carboxylic acids is 2. The van der Waals surface area contributed by atoms with Gasteiger partial charge in [-0.15, -0.1) is 0 Å². The number of sulfone groups is 1. The van der Waals surface area contributed by atoms with Crippen molar-refractivity contribution in [3.05, 3.63) is 0 Å². The highest BCUT2D eigenvalue weighted by Gasteiger charge is 2.50. The smallest absolute Gasteiger partial charge is 0.248 e. The second-order valence-corrected chi connectivity index (χ2v) is 8.46. The second-order valence-electron chi connectivity index (χ2n) is 6.28. The van der Waals surface area contributed by atoms with E-state index in [1.54, 1.807) is 18.7 Å². The maximum Gasteiger partial charge on any atom is 0.248 e. The van der Waals surface area contributed by atoms with Crippen LogP contribution >= 0.6 is 0 Å². The topological polar surface area (TPSA) is 83.6 Å². The Labute approximate surface area is 119 Å². The normalized spacial score (nSPS) is 37.6. The van der Waals surface area contributed by atoms with Crippen molar-refractivity contribution in [1.82, 2.24) is 10.2 Å². The number of hydrogen-bond donors (Lipinski definition) is 1. The van der Waals surface area contributed by atoms with Crippen molar-refractivity contribution in [1.29, 1.82) is 0 Å². The average Bonchev–Trinajstić information content (AvgIpc) is 2.57. The number of nitrogens with one attached hydrogen (secondary N) is 1. The number of nitrogens with zero attached hydrogens (tertiary/aromatic N) is 1. The first kappa shape index (κ1) is 15.3. The molecule has 2 atom stereocenters. The highest BCUT2D eigenvalue weighted by molar-refractivity contribution is 7.91. The van der Waals surface area contributed by atoms with E-state index in [-0.39, 0.29) is 36.3 Å². The van der Waals surface area contributed by atoms with Gasteiger partial charge in [0.1, 0.15) is 5.54 Å². The molecule has 2 rings (SSSR count). The molecule has 2 unspecified atom stereocenters. The molecular weight excluding hydrogens is 280 g/mol. The van der Waals surface area contributed by atoms with Crippen molar-refractivity contribution in [2.75, 3.05) is 18.1 Å². The first-order valence-electron chi connectivity index (χ1n) is 6.95. The van der Waals surface area contributed by atoms with Crippen molar-refractivity contribution in [2.45, 2.75) is 51.1 Å². The second kappa shape index (κ2) is 4.72. The SMILES string of the molecule is CCC1(C)NC(=O)CCN(C2(C)CCS(=O)(=O)C2)C1=O. The first-order valence-corrected chi connectivity index (χ1v) is 8.78. The number of rotatable bonds is 2. The highest BCUT2D eigenvalue weighted by atomic mass is 32.2. The Balaban J connectivity index is 2.36. The molecule has 0 spiro atoms. The summed E-state index contributed by atoms with van der Waals surface area (Å²) < 4.78 is 23.5. The largest absolute Gasteiger partial charge is 0.342 e. The van der Waals surface area contributed by atoms with Crippen LogP contribution in [0, 0.1) is 0 Å². The minimum atomic E-state index is -3.10. The van der Waals surface area contributed by atoms with Gasteiger partial charge in [0, 0.05) is 13.0 Å². The molecule has 0 aromatic rings. The fraction of sp³-hybridized carbons (Fsp3) is 0.846. The molecule has 114 valence electrons. The summed E-state index contributed by atoms with van der Waals surface area (Å²) in [7, 11) is -3.10. The van der Waals surface area contributed by atoms with E-state index in [0.29, 0.717) is 12.8 Å². The Kier molecular flexibility index (Phi) is 3.60. The molecule has 0 radical (unpaired) electrons. The summed E-state index contributed by atoms with van der Waals surface area (Å²) in [5.74, 6) is -0.239. The van der Waals surface area contributed by atoms with Crippen LogP contribution < -0.4 is 5.32 Å². The van der Waals surface area contributed by atoms with E-state index in [9.17, 15) is 18.0 Å². The lowest BCUT2D eigenvalue weighted by Gasteiger charge is -2.40. The van der Waals surface area contributed by atoms with E-state index in [2.05, 4.69) is 5.32 Å². The molecule has 2 saturated heterocycles. The minimum Gasteiger partial charge on any atom is -0.342 e. The van der Waals surface area contributed by atoms with E-state index >= 15 is 0 Å². The van der Waals surface area contributed by atoms with Crippen LogP contribution in [0.2, 0.25) is 0 Å². The predicted octanol–water partition coefficient (Wildman–Crippen LogP) is 0.0808. The third-order valence-corrected chi connectivity index (χ3v) is 6.42. The molecule has 2 aliphatic rings. The summed E-state index contributed by atoms with van der Waals surface area (Å²) >= 11 is 0. The van der Waals surface area contributed by atoms with Crippen molar-refractivity contribution in [3.63, 3.8) is 0 Å². The van der Waals surface area contributed by atoms with Gasteiger partial charge in [-0.2, -0.15) is 0 Å². The fourth-order valence-corrected chi connectivity index (χ4v) is 5.14. The Morgan fingerprint density at radius 3 is 2.45 bits per heavy atom. The molecule has 2 heterocycles. The summed E-state index contributed by atoms with van der Waals surface area (Å²) in [5, 5.41) is 2.77. The van der Waals surface area contributed by atoms with Gasteiger partial charge in [-0.25, -0.2) is 8.42 Å². The highest BCUT2D eigenvalue weighted by Crippen LogP contribution is 2.33. The first-order chi connectivity index (χ1) is 9.12. The Bertz CT molecular complexity index is 545. The van der Waals surface area contributed by atoms with Crippen LogP contribution in [0.3, 0.4) is 0 Å². The summed E-state index contributed by atoms with van der Waals surface area (Å²) in [4.78, 5) is 26.2. The molecule has 7 heteroatoms. The Hall–Kier alpha value is -1.11. The van der Waals surface area contributed by atoms with Gasteiger partial charge in [-0.1, -0.05) is 6.92 Å². The quantitative estimate of drug-likeness (QED) is 0.783. The summed E-state index contributed by atoms with van der Waals surface area (Å²) in [6.07, 6.45) is 1.14. The third kappa shape index (κ3) is 2.55. The summed E-state index contributed by atoms with van der Waals surface area (Å²) in [5.41, 5.74) is -1.64. The molecule has 2 amide bonds. The lowest BCUT2D eigenvalue weighted by Crippen LogP contribution is -2.60. The zero-order valence-electron chi connectivity index (χ0n) is 12.2. The zero-order chi connectivity index (χ0) is 15.2. The molecule has 2 fully saturated rings. The van der Waals surface area contributed by atoms with Gasteiger partial charge in [-0.3, -0.25) is 9.59 Å². The van der Waals surface area contributed by atoms with E-state index in [1.807, 2.05) is 6.92 Å². The number of hydrogen-bond acceptors (Lipinski definition) is 4. The molecular formula is C13H22N2O4S. The average molecular weight is 302 g/mol. The van der Waals surface area contributed by atoms with Crippen LogP contribution in [0.15, 0.2) is 0 Å². The van der Waals surface area contributed by atoms with Gasteiger partial charge >= 0.3 is 0 Å². The molecule has 0 saturated carbocycles. The fourth-order valence-electron chi connectivity index (χ4n) is 3.00. The lowest BCUT2D eigenvalue weighted by atomic mass is 9.92. The minimum absolute atomic E-state index is 0.0142. The van der Waals surface area contributed by atoms with Crippen LogP contribution in [0.5, 0.6) is 0 Å². The summed E-state index contributed by atoms with van der Waals surface area (Å²) in [6, 6.07) is 0. The summed E-state index contributed by atoms with van der Waals surface area (Å²) in [6.45, 7) is 5.64. The Morgan fingerprint density at radius 1 is 1.30 bits per heavy atom. The monoisotopic (exact) mass is 302 g/mol. The standard InChI is InChI=1S/C13H22N2O4S/c1-4-13(3)11(17)15(7-5-10(16)14-13)12(2)6-8-20(18,19)9-12/h4-9H2,1-3H3,(H,14,16). The van der Waals surface area contributed by atoms with Crippen molar-refractivity contribution >= 4 is 21.7 Å². The Morgan fingerprint density at radius 2 is 1.95 bits per heavy atom.